The smallest absolute Gasteiger partial charge is 0.225 e. The number of benzene rings is 1. The number of nitrogen functional groups attached to an aromatic ring is 1. The number of carbonyl (C=O) groups is 1. The molecule has 0 spiro atoms. The maximum atomic E-state index is 11.8. The fourth-order valence-corrected chi connectivity index (χ4v) is 3.07. The van der Waals surface area contributed by atoms with Crippen LogP contribution in [0.25, 0.3) is 0 Å². The summed E-state index contributed by atoms with van der Waals surface area (Å²) in [6.07, 6.45) is 1.22. The van der Waals surface area contributed by atoms with Gasteiger partial charge in [0, 0.05) is 40.1 Å². The zero-order valence-electron chi connectivity index (χ0n) is 12.4. The molecule has 0 aliphatic heterocycles. The molecule has 1 amide bonds. The van der Waals surface area contributed by atoms with Gasteiger partial charge in [-0.15, -0.1) is 0 Å². The summed E-state index contributed by atoms with van der Waals surface area (Å²) in [5.74, 6) is 1.54. The third-order valence-corrected chi connectivity index (χ3v) is 4.35. The summed E-state index contributed by atoms with van der Waals surface area (Å²) < 4.78 is 11.7. The lowest BCUT2D eigenvalue weighted by molar-refractivity contribution is -0.115. The van der Waals surface area contributed by atoms with Gasteiger partial charge >= 0.3 is 0 Å². The van der Waals surface area contributed by atoms with Crippen molar-refractivity contribution < 1.29 is 9.00 Å². The first kappa shape index (κ1) is 16.7. The van der Waals surface area contributed by atoms with Crippen LogP contribution < -0.4 is 11.1 Å². The SMILES string of the molecule is Cc1cc(N)ccc1NC(=O)CCS(=O)CCC(C)C. The van der Waals surface area contributed by atoms with E-state index in [1.54, 1.807) is 12.1 Å². The van der Waals surface area contributed by atoms with Crippen molar-refractivity contribution in [2.45, 2.75) is 33.6 Å². The number of nitrogens with two attached hydrogens (primary N) is 1. The van der Waals surface area contributed by atoms with Gasteiger partial charge in [-0.1, -0.05) is 13.8 Å². The number of rotatable bonds is 7. The van der Waals surface area contributed by atoms with E-state index in [1.165, 1.54) is 0 Å². The third kappa shape index (κ3) is 6.19. The average molecular weight is 296 g/mol. The predicted molar refractivity (Wildman–Crippen MR) is 86.2 cm³/mol. The lowest BCUT2D eigenvalue weighted by Gasteiger charge is -2.09. The van der Waals surface area contributed by atoms with E-state index < -0.39 is 10.8 Å². The van der Waals surface area contributed by atoms with Crippen molar-refractivity contribution in [3.63, 3.8) is 0 Å². The second-order valence-corrected chi connectivity index (χ2v) is 7.10. The van der Waals surface area contributed by atoms with Crippen molar-refractivity contribution >= 4 is 28.1 Å². The van der Waals surface area contributed by atoms with Crippen LogP contribution in [0, 0.1) is 12.8 Å². The lowest BCUT2D eigenvalue weighted by atomic mass is 10.2. The van der Waals surface area contributed by atoms with Crippen LogP contribution in [0.2, 0.25) is 0 Å². The van der Waals surface area contributed by atoms with Crippen molar-refractivity contribution in [1.82, 2.24) is 0 Å². The fourth-order valence-electron chi connectivity index (χ4n) is 1.72. The molecule has 20 heavy (non-hydrogen) atoms. The summed E-state index contributed by atoms with van der Waals surface area (Å²) in [4.78, 5) is 11.8. The topological polar surface area (TPSA) is 72.2 Å². The van der Waals surface area contributed by atoms with Crippen LogP contribution in [0.1, 0.15) is 32.3 Å². The molecule has 0 heterocycles. The number of anilines is 2. The molecule has 1 aromatic rings. The van der Waals surface area contributed by atoms with Gasteiger partial charge in [-0.05, 0) is 43.0 Å². The maximum Gasteiger partial charge on any atom is 0.225 e. The van der Waals surface area contributed by atoms with Crippen LogP contribution in [0.5, 0.6) is 0 Å². The van der Waals surface area contributed by atoms with E-state index in [0.29, 0.717) is 23.1 Å². The number of carbonyl (C=O) groups excluding carboxylic acids is 1. The molecular formula is C15H24N2O2S. The fraction of sp³-hybridized carbons (Fsp3) is 0.533. The third-order valence-electron chi connectivity index (χ3n) is 3.00. The molecule has 0 aliphatic carbocycles. The number of hydrogen-bond acceptors (Lipinski definition) is 3. The molecule has 1 atom stereocenters. The Morgan fingerprint density at radius 1 is 1.35 bits per heavy atom. The zero-order valence-corrected chi connectivity index (χ0v) is 13.3. The minimum Gasteiger partial charge on any atom is -0.399 e. The highest BCUT2D eigenvalue weighted by Gasteiger charge is 2.08. The van der Waals surface area contributed by atoms with Gasteiger partial charge in [0.1, 0.15) is 0 Å². The zero-order chi connectivity index (χ0) is 15.1. The van der Waals surface area contributed by atoms with Crippen molar-refractivity contribution in [2.75, 3.05) is 22.6 Å². The molecule has 0 saturated carbocycles. The average Bonchev–Trinajstić information content (AvgIpc) is 2.37. The first-order valence-corrected chi connectivity index (χ1v) is 8.38. The Kier molecular flexibility index (Phi) is 6.71. The summed E-state index contributed by atoms with van der Waals surface area (Å²) in [5, 5.41) is 2.83. The first-order valence-electron chi connectivity index (χ1n) is 6.89. The van der Waals surface area contributed by atoms with E-state index in [0.717, 1.165) is 17.7 Å². The molecule has 0 aliphatic rings. The first-order chi connectivity index (χ1) is 9.38. The quantitative estimate of drug-likeness (QED) is 0.760. The second-order valence-electron chi connectivity index (χ2n) is 5.40. The van der Waals surface area contributed by atoms with Crippen LogP contribution in [0.3, 0.4) is 0 Å². The van der Waals surface area contributed by atoms with Crippen molar-refractivity contribution in [3.8, 4) is 0 Å². The number of amides is 1. The number of nitrogens with one attached hydrogen (secondary N) is 1. The van der Waals surface area contributed by atoms with E-state index in [2.05, 4.69) is 19.2 Å². The molecule has 4 nitrogen and oxygen atoms in total. The van der Waals surface area contributed by atoms with Gasteiger partial charge in [-0.2, -0.15) is 0 Å². The highest BCUT2D eigenvalue weighted by Crippen LogP contribution is 2.17. The Morgan fingerprint density at radius 2 is 2.05 bits per heavy atom. The van der Waals surface area contributed by atoms with Gasteiger partial charge in [0.2, 0.25) is 5.91 Å². The van der Waals surface area contributed by atoms with Gasteiger partial charge in [0.15, 0.2) is 0 Å². The van der Waals surface area contributed by atoms with E-state index in [-0.39, 0.29) is 12.3 Å². The van der Waals surface area contributed by atoms with Crippen LogP contribution >= 0.6 is 0 Å². The molecular weight excluding hydrogens is 272 g/mol. The van der Waals surface area contributed by atoms with E-state index in [1.807, 2.05) is 13.0 Å². The molecule has 5 heteroatoms. The predicted octanol–water partition coefficient (Wildman–Crippen LogP) is 2.70. The van der Waals surface area contributed by atoms with Gasteiger partial charge in [0.25, 0.3) is 0 Å². The van der Waals surface area contributed by atoms with E-state index in [9.17, 15) is 9.00 Å². The molecule has 3 N–H and O–H groups in total. The molecule has 0 saturated heterocycles. The largest absolute Gasteiger partial charge is 0.399 e. The monoisotopic (exact) mass is 296 g/mol. The van der Waals surface area contributed by atoms with Crippen molar-refractivity contribution in [3.05, 3.63) is 23.8 Å². The minimum absolute atomic E-state index is 0.101. The Balaban J connectivity index is 2.38. The Morgan fingerprint density at radius 3 is 2.65 bits per heavy atom. The summed E-state index contributed by atoms with van der Waals surface area (Å²) in [6, 6.07) is 5.36. The normalized spacial score (nSPS) is 12.4. The van der Waals surface area contributed by atoms with Crippen molar-refractivity contribution in [2.24, 2.45) is 5.92 Å². The minimum atomic E-state index is -0.909. The molecule has 1 aromatic carbocycles. The lowest BCUT2D eigenvalue weighted by Crippen LogP contribution is -2.16. The second kappa shape index (κ2) is 8.04. The van der Waals surface area contributed by atoms with Gasteiger partial charge in [-0.25, -0.2) is 0 Å². The number of aryl methyl sites for hydroxylation is 1. The molecule has 112 valence electrons. The highest BCUT2D eigenvalue weighted by atomic mass is 32.2. The molecule has 0 fully saturated rings. The molecule has 1 rings (SSSR count). The van der Waals surface area contributed by atoms with Crippen LogP contribution in [0.15, 0.2) is 18.2 Å². The summed E-state index contributed by atoms with van der Waals surface area (Å²) >= 11 is 0. The molecule has 1 unspecified atom stereocenters. The van der Waals surface area contributed by atoms with E-state index >= 15 is 0 Å². The van der Waals surface area contributed by atoms with Crippen LogP contribution in [0.4, 0.5) is 11.4 Å². The Labute approximate surface area is 123 Å². The van der Waals surface area contributed by atoms with Gasteiger partial charge < -0.3 is 11.1 Å². The van der Waals surface area contributed by atoms with Crippen molar-refractivity contribution in [1.29, 1.82) is 0 Å². The molecule has 0 bridgehead atoms. The summed E-state index contributed by atoms with van der Waals surface area (Å²) in [5.41, 5.74) is 8.03. The molecule has 0 aromatic heterocycles. The summed E-state index contributed by atoms with van der Waals surface area (Å²) in [6.45, 7) is 6.11. The van der Waals surface area contributed by atoms with E-state index in [4.69, 9.17) is 5.73 Å². The van der Waals surface area contributed by atoms with Crippen LogP contribution in [-0.2, 0) is 15.6 Å². The van der Waals surface area contributed by atoms with Gasteiger partial charge in [-0.3, -0.25) is 9.00 Å². The Bertz CT molecular complexity index is 487. The highest BCUT2D eigenvalue weighted by molar-refractivity contribution is 7.84. The maximum absolute atomic E-state index is 11.8. The van der Waals surface area contributed by atoms with Crippen LogP contribution in [-0.4, -0.2) is 21.6 Å². The Hall–Kier alpha value is -1.36. The standard InChI is InChI=1S/C15H24N2O2S/c1-11(2)6-8-20(19)9-7-15(18)17-14-5-4-13(16)10-12(14)3/h4-5,10-11H,6-9,16H2,1-3H3,(H,17,18). The van der Waals surface area contributed by atoms with Gasteiger partial charge in [0.05, 0.1) is 0 Å². The summed E-state index contributed by atoms with van der Waals surface area (Å²) in [7, 11) is -0.909. The number of hydrogen-bond donors (Lipinski definition) is 2. The molecule has 0 radical (unpaired) electrons.